The molecule has 0 aromatic heterocycles. The van der Waals surface area contributed by atoms with Crippen LogP contribution < -0.4 is 0 Å². The number of hydrogen-bond donors (Lipinski definition) is 0. The second-order valence-electron chi connectivity index (χ2n) is 9.31. The fourth-order valence-electron chi connectivity index (χ4n) is 4.74. The zero-order valence-electron chi connectivity index (χ0n) is 26.2. The first-order valence-electron chi connectivity index (χ1n) is 12.8. The van der Waals surface area contributed by atoms with Gasteiger partial charge in [-0.2, -0.15) is 0 Å². The summed E-state index contributed by atoms with van der Waals surface area (Å²) in [7, 11) is -14.8. The third-order valence-electron chi connectivity index (χ3n) is 6.92. The molecule has 0 aromatic carbocycles. The van der Waals surface area contributed by atoms with E-state index in [2.05, 4.69) is 0 Å². The minimum absolute atomic E-state index is 0.137. The Kier molecular flexibility index (Phi) is 12.5. The molecule has 42 heavy (non-hydrogen) atoms. The second kappa shape index (κ2) is 14.0. The standard InChI is InChI=1S/C16H44O18Si8/c1-17-37(18-2,19-3)13-15-39(23-7)27-35(11)28-40(16-14-38(20-4,21-5)22-6)29-36(12,30-41(24-8,25-9)34-40)32-42(26-10,31-35)33-39/h13-16H2,1-12H3. The van der Waals surface area contributed by atoms with Gasteiger partial charge < -0.3 is 77.2 Å². The van der Waals surface area contributed by atoms with E-state index in [0.29, 0.717) is 6.04 Å². The molecule has 0 aliphatic carbocycles. The molecule has 18 nitrogen and oxygen atoms in total. The van der Waals surface area contributed by atoms with E-state index in [9.17, 15) is 0 Å². The Hall–Kier alpha value is 1.02. The monoisotopic (exact) mass is 748 g/mol. The maximum atomic E-state index is 6.80. The Morgan fingerprint density at radius 2 is 0.905 bits per heavy atom. The maximum absolute atomic E-state index is 6.80. The van der Waals surface area contributed by atoms with E-state index in [0.717, 1.165) is 0 Å². The molecule has 248 valence electrons. The summed E-state index contributed by atoms with van der Waals surface area (Å²) in [4.78, 5) is 0. The van der Waals surface area contributed by atoms with Crippen molar-refractivity contribution in [2.45, 2.75) is 37.3 Å². The van der Waals surface area contributed by atoms with E-state index < -0.39 is 70.9 Å². The molecule has 0 aromatic rings. The summed E-state index contributed by atoms with van der Waals surface area (Å²) in [5.41, 5.74) is 0. The van der Waals surface area contributed by atoms with Crippen molar-refractivity contribution in [3.63, 3.8) is 0 Å². The van der Waals surface area contributed by atoms with Gasteiger partial charge in [0.2, 0.25) is 0 Å². The van der Waals surface area contributed by atoms with Crippen molar-refractivity contribution < 1.29 is 77.2 Å². The molecule has 26 heteroatoms. The molecular formula is C16H44O18Si8. The Labute approximate surface area is 255 Å². The third-order valence-corrected chi connectivity index (χ3v) is 37.3. The van der Waals surface area contributed by atoms with Gasteiger partial charge in [-0.3, -0.25) is 0 Å². The molecule has 3 saturated heterocycles. The highest BCUT2D eigenvalue weighted by atomic mass is 28.6. The van der Waals surface area contributed by atoms with E-state index in [1.807, 2.05) is 0 Å². The predicted octanol–water partition coefficient (Wildman–Crippen LogP) is 0.388. The first kappa shape index (κ1) is 37.5. The van der Waals surface area contributed by atoms with Crippen LogP contribution in [-0.2, 0) is 77.2 Å². The van der Waals surface area contributed by atoms with E-state index in [4.69, 9.17) is 77.2 Å². The Morgan fingerprint density at radius 3 is 1.31 bits per heavy atom. The molecule has 3 aliphatic rings. The van der Waals surface area contributed by atoms with Crippen LogP contribution in [0.1, 0.15) is 0 Å². The Balaban J connectivity index is 2.11. The van der Waals surface area contributed by atoms with Crippen LogP contribution in [0.3, 0.4) is 0 Å². The lowest BCUT2D eigenvalue weighted by atomic mass is 11.0. The molecule has 4 bridgehead atoms. The zero-order chi connectivity index (χ0) is 31.6. The Bertz CT molecular complexity index is 887. The smallest absolute Gasteiger partial charge is 0.378 e. The van der Waals surface area contributed by atoms with E-state index >= 15 is 0 Å². The summed E-state index contributed by atoms with van der Waals surface area (Å²) in [5.74, 6) is 0. The van der Waals surface area contributed by atoms with Crippen molar-refractivity contribution in [1.82, 2.24) is 0 Å². The van der Waals surface area contributed by atoms with Gasteiger partial charge in [-0.1, -0.05) is 0 Å². The summed E-state index contributed by atoms with van der Waals surface area (Å²) in [6.45, 7) is 3.31. The van der Waals surface area contributed by atoms with Gasteiger partial charge in [-0.25, -0.2) is 0 Å². The van der Waals surface area contributed by atoms with Crippen LogP contribution in [0, 0.1) is 0 Å². The highest BCUT2D eigenvalue weighted by Crippen LogP contribution is 2.46. The highest BCUT2D eigenvalue weighted by Gasteiger charge is 2.79. The summed E-state index contributed by atoms with van der Waals surface area (Å²) >= 11 is 0. The lowest BCUT2D eigenvalue weighted by molar-refractivity contribution is -0.0567. The molecule has 3 aliphatic heterocycles. The molecule has 3 rings (SSSR count). The summed E-state index contributed by atoms with van der Waals surface area (Å²) in [5, 5.41) is 0. The predicted molar refractivity (Wildman–Crippen MR) is 156 cm³/mol. The van der Waals surface area contributed by atoms with Crippen molar-refractivity contribution in [3.8, 4) is 0 Å². The van der Waals surface area contributed by atoms with Crippen LogP contribution in [0.25, 0.3) is 0 Å². The third kappa shape index (κ3) is 7.59. The topological polar surface area (TPSA) is 166 Å². The van der Waals surface area contributed by atoms with Gasteiger partial charge in [0.15, 0.2) is 0 Å². The average molecular weight is 749 g/mol. The van der Waals surface area contributed by atoms with E-state index in [1.165, 1.54) is 71.1 Å². The van der Waals surface area contributed by atoms with Crippen LogP contribution in [0.4, 0.5) is 0 Å². The zero-order valence-corrected chi connectivity index (χ0v) is 34.2. The van der Waals surface area contributed by atoms with Crippen molar-refractivity contribution in [1.29, 1.82) is 0 Å². The molecule has 5 atom stereocenters. The van der Waals surface area contributed by atoms with Crippen molar-refractivity contribution in [3.05, 3.63) is 0 Å². The minimum Gasteiger partial charge on any atom is -0.378 e. The van der Waals surface area contributed by atoms with Gasteiger partial charge in [-0.05, 0) is 0 Å². The number of rotatable bonds is 16. The molecular weight excluding hydrogens is 705 g/mol. The fourth-order valence-corrected chi connectivity index (χ4v) is 40.1. The van der Waals surface area contributed by atoms with E-state index in [1.54, 1.807) is 13.1 Å². The van der Waals surface area contributed by atoms with Crippen LogP contribution in [-0.4, -0.2) is 142 Å². The number of fused-ring (bicyclic) bond motifs is 4. The van der Waals surface area contributed by atoms with Crippen molar-refractivity contribution in [2.75, 3.05) is 71.1 Å². The van der Waals surface area contributed by atoms with Gasteiger partial charge in [-0.15, -0.1) is 0 Å². The highest BCUT2D eigenvalue weighted by molar-refractivity contribution is 6.97. The molecule has 0 saturated carbocycles. The summed E-state index contributed by atoms with van der Waals surface area (Å²) in [6, 6.07) is 0.884. The molecule has 0 amide bonds. The second-order valence-corrected chi connectivity index (χ2v) is 32.8. The fraction of sp³-hybridized carbons (Fsp3) is 1.00. The average Bonchev–Trinajstić information content (AvgIpc) is 2.97. The largest absolute Gasteiger partial charge is 0.664 e. The first-order valence-corrected chi connectivity index (χ1v) is 28.2. The van der Waals surface area contributed by atoms with Gasteiger partial charge >= 0.3 is 70.9 Å². The van der Waals surface area contributed by atoms with Gasteiger partial charge in [0.1, 0.15) is 0 Å². The summed E-state index contributed by atoms with van der Waals surface area (Å²) in [6.07, 6.45) is 0. The van der Waals surface area contributed by atoms with Crippen LogP contribution in [0.5, 0.6) is 0 Å². The maximum Gasteiger partial charge on any atom is 0.664 e. The first-order chi connectivity index (χ1) is 19.7. The quantitative estimate of drug-likeness (QED) is 0.199. The van der Waals surface area contributed by atoms with Crippen LogP contribution >= 0.6 is 0 Å². The Morgan fingerprint density at radius 1 is 0.452 bits per heavy atom. The van der Waals surface area contributed by atoms with Crippen molar-refractivity contribution in [2.24, 2.45) is 0 Å². The van der Waals surface area contributed by atoms with Crippen LogP contribution in [0.15, 0.2) is 0 Å². The SMILES string of the molecule is CO[Si](CC[Si]12O[Si]3(C)O[Si](CC[Si](OC)(OC)OC)(OC)O[Si](OC)(O3)O[Si](C)(O1)O[Si](OC)(OC)O2)(OC)OC. The minimum atomic E-state index is -4.13. The van der Waals surface area contributed by atoms with Gasteiger partial charge in [0, 0.05) is 108 Å². The normalized spacial score (nSPS) is 36.9. The molecule has 5 unspecified atom stereocenters. The van der Waals surface area contributed by atoms with Crippen molar-refractivity contribution >= 4 is 70.9 Å². The molecule has 0 N–H and O–H groups in total. The van der Waals surface area contributed by atoms with E-state index in [-0.39, 0.29) is 18.1 Å². The molecule has 0 radical (unpaired) electrons. The molecule has 3 heterocycles. The van der Waals surface area contributed by atoms with Crippen LogP contribution in [0.2, 0.25) is 37.3 Å². The molecule has 3 fully saturated rings. The van der Waals surface area contributed by atoms with Gasteiger partial charge in [0.25, 0.3) is 0 Å². The molecule has 0 spiro atoms. The lowest BCUT2D eigenvalue weighted by Crippen LogP contribution is -2.84. The van der Waals surface area contributed by atoms with Gasteiger partial charge in [0.05, 0.1) is 0 Å². The lowest BCUT2D eigenvalue weighted by Gasteiger charge is -2.56. The number of hydrogen-bond acceptors (Lipinski definition) is 18. The summed E-state index contributed by atoms with van der Waals surface area (Å²) < 4.78 is 109.